The maximum absolute atomic E-state index is 13.2. The van der Waals surface area contributed by atoms with Crippen LogP contribution in [0.25, 0.3) is 0 Å². The van der Waals surface area contributed by atoms with Crippen LogP contribution in [0.1, 0.15) is 23.2 Å². The van der Waals surface area contributed by atoms with Gasteiger partial charge in [0.1, 0.15) is 5.75 Å². The molecule has 1 aliphatic carbocycles. The van der Waals surface area contributed by atoms with Crippen LogP contribution < -0.4 is 9.47 Å². The fourth-order valence-corrected chi connectivity index (χ4v) is 5.23. The normalized spacial score (nSPS) is 21.1. The van der Waals surface area contributed by atoms with Crippen molar-refractivity contribution in [3.05, 3.63) is 59.8 Å². The van der Waals surface area contributed by atoms with Crippen LogP contribution in [0.3, 0.4) is 0 Å². The topological polar surface area (TPSA) is 77.7 Å². The molecule has 3 aromatic rings. The van der Waals surface area contributed by atoms with Gasteiger partial charge in [-0.05, 0) is 37.0 Å². The molecular weight excluding hydrogens is 489 g/mol. The van der Waals surface area contributed by atoms with Gasteiger partial charge in [0.15, 0.2) is 0 Å². The fourth-order valence-electron chi connectivity index (χ4n) is 5.23. The molecule has 198 valence electrons. The Morgan fingerprint density at radius 2 is 2.11 bits per heavy atom. The molecule has 2 fully saturated rings. The van der Waals surface area contributed by atoms with Gasteiger partial charge >= 0.3 is 12.5 Å². The van der Waals surface area contributed by atoms with Crippen molar-refractivity contribution in [1.29, 1.82) is 0 Å². The summed E-state index contributed by atoms with van der Waals surface area (Å²) in [6.45, 7) is 5.07. The number of imidazole rings is 1. The van der Waals surface area contributed by atoms with Crippen LogP contribution in [0.15, 0.2) is 43.0 Å². The number of rotatable bonds is 8. The van der Waals surface area contributed by atoms with Crippen LogP contribution in [-0.4, -0.2) is 61.2 Å². The zero-order valence-electron chi connectivity index (χ0n) is 20.9. The van der Waals surface area contributed by atoms with Crippen LogP contribution in [-0.2, 0) is 27.2 Å². The second-order valence-corrected chi connectivity index (χ2v) is 10.1. The Kier molecular flexibility index (Phi) is 6.38. The highest BCUT2D eigenvalue weighted by Crippen LogP contribution is 2.58. The number of nitrogens with zero attached hydrogens (tertiary/aromatic N) is 6. The number of benzene rings is 1. The third-order valence-corrected chi connectivity index (χ3v) is 7.25. The summed E-state index contributed by atoms with van der Waals surface area (Å²) in [4.78, 5) is 21.2. The number of likely N-dealkylation sites (tertiary alicyclic amines) is 1. The van der Waals surface area contributed by atoms with E-state index in [2.05, 4.69) is 19.7 Å². The lowest BCUT2D eigenvalue weighted by atomic mass is 10.1. The van der Waals surface area contributed by atoms with Gasteiger partial charge in [-0.1, -0.05) is 12.1 Å². The maximum atomic E-state index is 13.2. The lowest BCUT2D eigenvalue weighted by Crippen LogP contribution is -2.39. The minimum Gasteiger partial charge on any atom is -0.406 e. The molecule has 12 heteroatoms. The molecule has 1 saturated carbocycles. The number of amides is 1. The van der Waals surface area contributed by atoms with Gasteiger partial charge in [-0.25, -0.2) is 9.78 Å². The molecule has 0 spiro atoms. The predicted molar refractivity (Wildman–Crippen MR) is 127 cm³/mol. The predicted octanol–water partition coefficient (Wildman–Crippen LogP) is 3.88. The number of carbonyl (C=O) groups is 1. The largest absolute Gasteiger partial charge is 0.573 e. The molecule has 3 heterocycles. The number of halogens is 3. The van der Waals surface area contributed by atoms with Crippen LogP contribution in [0.4, 0.5) is 18.0 Å². The summed E-state index contributed by atoms with van der Waals surface area (Å²) in [5.74, 6) is 0.274. The number of aryl methyl sites for hydroxylation is 2. The van der Waals surface area contributed by atoms with Gasteiger partial charge in [-0.15, -0.1) is 13.2 Å². The van der Waals surface area contributed by atoms with E-state index in [0.717, 1.165) is 31.7 Å². The first-order chi connectivity index (χ1) is 17.5. The van der Waals surface area contributed by atoms with Crippen molar-refractivity contribution in [2.75, 3.05) is 19.6 Å². The molecule has 2 atom stereocenters. The third-order valence-electron chi connectivity index (χ3n) is 7.25. The van der Waals surface area contributed by atoms with Crippen molar-refractivity contribution < 1.29 is 27.4 Å². The zero-order chi connectivity index (χ0) is 26.4. The van der Waals surface area contributed by atoms with E-state index in [1.54, 1.807) is 28.8 Å². The second-order valence-electron chi connectivity index (χ2n) is 10.1. The first kappa shape index (κ1) is 25.1. The average Bonchev–Trinajstić information content (AvgIpc) is 3.06. The fraction of sp³-hybridized carbons (Fsp3) is 0.480. The Balaban J connectivity index is 1.31. The Morgan fingerprint density at radius 1 is 1.30 bits per heavy atom. The van der Waals surface area contributed by atoms with Gasteiger partial charge in [0.05, 0.1) is 18.7 Å². The number of aromatic nitrogens is 4. The monoisotopic (exact) mass is 518 g/mol. The first-order valence-electron chi connectivity index (χ1n) is 12.0. The summed E-state index contributed by atoms with van der Waals surface area (Å²) in [7, 11) is 3.68. The minimum absolute atomic E-state index is 0.0803. The second kappa shape index (κ2) is 9.40. The van der Waals surface area contributed by atoms with E-state index in [9.17, 15) is 18.0 Å². The molecule has 5 rings (SSSR count). The van der Waals surface area contributed by atoms with Gasteiger partial charge in [-0.2, -0.15) is 5.10 Å². The highest BCUT2D eigenvalue weighted by molar-refractivity contribution is 5.70. The van der Waals surface area contributed by atoms with Gasteiger partial charge in [0, 0.05) is 63.5 Å². The van der Waals surface area contributed by atoms with Gasteiger partial charge < -0.3 is 18.9 Å². The van der Waals surface area contributed by atoms with E-state index in [0.29, 0.717) is 18.0 Å². The molecular formula is C25H29F3N6O3. The molecule has 1 saturated heterocycles. The number of piperidine rings is 1. The number of ether oxygens (including phenoxy) is 2. The Bertz CT molecular complexity index is 1290. The molecule has 1 aliphatic heterocycles. The average molecular weight is 519 g/mol. The molecule has 2 aliphatic rings. The van der Waals surface area contributed by atoms with Crippen molar-refractivity contribution in [2.45, 2.75) is 32.8 Å². The molecule has 0 bridgehead atoms. The Labute approximate surface area is 212 Å². The molecule has 37 heavy (non-hydrogen) atoms. The van der Waals surface area contributed by atoms with Crippen molar-refractivity contribution in [3.8, 4) is 11.6 Å². The van der Waals surface area contributed by atoms with Gasteiger partial charge in [0.25, 0.3) is 0 Å². The number of hydrogen-bond acceptors (Lipinski definition) is 6. The number of hydrogen-bond donors (Lipinski definition) is 0. The third kappa shape index (κ3) is 5.74. The maximum Gasteiger partial charge on any atom is 0.573 e. The molecule has 9 nitrogen and oxygen atoms in total. The summed E-state index contributed by atoms with van der Waals surface area (Å²) >= 11 is 0. The SMILES string of the molecule is Cc1c(CN2CC3CC3(CN(Cc3cccc(OC(F)(F)F)c3)C(=O)Oc3cn(C)cn3)C2)cnn1C. The van der Waals surface area contributed by atoms with Crippen molar-refractivity contribution in [3.63, 3.8) is 0 Å². The summed E-state index contributed by atoms with van der Waals surface area (Å²) in [6.07, 6.45) is 0.590. The lowest BCUT2D eigenvalue weighted by Gasteiger charge is -2.27. The quantitative estimate of drug-likeness (QED) is 0.451. The Hall–Kier alpha value is -3.54. The number of carbonyl (C=O) groups excluding carboxylic acids is 1. The van der Waals surface area contributed by atoms with E-state index >= 15 is 0 Å². The lowest BCUT2D eigenvalue weighted by molar-refractivity contribution is -0.274. The summed E-state index contributed by atoms with van der Waals surface area (Å²) in [5, 5.41) is 4.33. The van der Waals surface area contributed by atoms with Crippen molar-refractivity contribution >= 4 is 6.09 Å². The van der Waals surface area contributed by atoms with E-state index < -0.39 is 12.5 Å². The van der Waals surface area contributed by atoms with E-state index in [1.807, 2.05) is 24.9 Å². The van der Waals surface area contributed by atoms with E-state index in [1.165, 1.54) is 30.1 Å². The van der Waals surface area contributed by atoms with Gasteiger partial charge in [-0.3, -0.25) is 9.58 Å². The van der Waals surface area contributed by atoms with Crippen molar-refractivity contribution in [2.24, 2.45) is 25.4 Å². The molecule has 1 aromatic carbocycles. The van der Waals surface area contributed by atoms with Crippen LogP contribution in [0.2, 0.25) is 0 Å². The molecule has 2 aromatic heterocycles. The number of alkyl halides is 3. The Morgan fingerprint density at radius 3 is 2.78 bits per heavy atom. The standard InChI is InChI=1S/C25H29F3N6O3/c1-17-19(9-30-32(17)3)11-33-12-20-8-24(20,14-33)15-34(23(35)36-22-13-31(2)16-29-22)10-18-5-4-6-21(7-18)37-25(26,27)28/h4-7,9,13,16,20H,8,10-12,14-15H2,1-3H3. The molecule has 2 unspecified atom stereocenters. The zero-order valence-corrected chi connectivity index (χ0v) is 20.9. The highest BCUT2D eigenvalue weighted by Gasteiger charge is 2.60. The minimum atomic E-state index is -4.80. The van der Waals surface area contributed by atoms with Crippen molar-refractivity contribution in [1.82, 2.24) is 29.1 Å². The van der Waals surface area contributed by atoms with E-state index in [4.69, 9.17) is 4.74 Å². The van der Waals surface area contributed by atoms with Crippen LogP contribution in [0, 0.1) is 18.3 Å². The highest BCUT2D eigenvalue weighted by atomic mass is 19.4. The van der Waals surface area contributed by atoms with E-state index in [-0.39, 0.29) is 23.6 Å². The summed E-state index contributed by atoms with van der Waals surface area (Å²) in [5.41, 5.74) is 2.72. The molecule has 1 amide bonds. The molecule has 0 N–H and O–H groups in total. The number of fused-ring (bicyclic) bond motifs is 1. The smallest absolute Gasteiger partial charge is 0.406 e. The molecule has 0 radical (unpaired) electrons. The van der Waals surface area contributed by atoms with Crippen LogP contribution in [0.5, 0.6) is 11.6 Å². The van der Waals surface area contributed by atoms with Gasteiger partial charge in [0.2, 0.25) is 5.88 Å². The first-order valence-corrected chi connectivity index (χ1v) is 12.0. The van der Waals surface area contributed by atoms with Crippen LogP contribution >= 0.6 is 0 Å². The summed E-state index contributed by atoms with van der Waals surface area (Å²) in [6, 6.07) is 5.67. The summed E-state index contributed by atoms with van der Waals surface area (Å²) < 4.78 is 51.3.